The highest BCUT2D eigenvalue weighted by atomic mass is 32.2. The SMILES string of the molecule is COCCCNc1nc2c(C)cccn2c(=O)c1C=C1SC(=S)N(CCCc2ccccc2)C1=O. The Balaban J connectivity index is 1.60. The van der Waals surface area contributed by atoms with E-state index in [0.29, 0.717) is 46.0 Å². The van der Waals surface area contributed by atoms with Crippen molar-refractivity contribution >= 4 is 51.7 Å². The minimum atomic E-state index is -0.234. The number of anilines is 1. The monoisotopic (exact) mass is 508 g/mol. The predicted molar refractivity (Wildman–Crippen MR) is 146 cm³/mol. The molecule has 7 nitrogen and oxygen atoms in total. The van der Waals surface area contributed by atoms with Crippen molar-refractivity contribution in [2.75, 3.05) is 32.1 Å². The molecule has 1 N–H and O–H groups in total. The van der Waals surface area contributed by atoms with Gasteiger partial charge in [-0.2, -0.15) is 0 Å². The van der Waals surface area contributed by atoms with Crippen LogP contribution < -0.4 is 10.9 Å². The second-order valence-corrected chi connectivity index (χ2v) is 9.94. The van der Waals surface area contributed by atoms with Crippen LogP contribution in [0.4, 0.5) is 5.82 Å². The number of aryl methyl sites for hydroxylation is 2. The lowest BCUT2D eigenvalue weighted by Gasteiger charge is -2.14. The van der Waals surface area contributed by atoms with E-state index in [9.17, 15) is 9.59 Å². The van der Waals surface area contributed by atoms with Gasteiger partial charge in [0.15, 0.2) is 0 Å². The number of aromatic nitrogens is 2. The maximum Gasteiger partial charge on any atom is 0.267 e. The zero-order valence-electron chi connectivity index (χ0n) is 19.8. The van der Waals surface area contributed by atoms with Crippen molar-refractivity contribution in [3.63, 3.8) is 0 Å². The second kappa shape index (κ2) is 11.6. The molecule has 0 bridgehead atoms. The number of carbonyl (C=O) groups excluding carboxylic acids is 1. The van der Waals surface area contributed by atoms with Crippen LogP contribution in [-0.2, 0) is 16.0 Å². The van der Waals surface area contributed by atoms with Crippen molar-refractivity contribution in [3.8, 4) is 0 Å². The average Bonchev–Trinajstić information content (AvgIpc) is 3.12. The van der Waals surface area contributed by atoms with Gasteiger partial charge in [0.2, 0.25) is 0 Å². The lowest BCUT2D eigenvalue weighted by molar-refractivity contribution is -0.122. The van der Waals surface area contributed by atoms with Gasteiger partial charge in [0.05, 0.1) is 10.5 Å². The van der Waals surface area contributed by atoms with Crippen LogP contribution in [0, 0.1) is 6.92 Å². The van der Waals surface area contributed by atoms with Crippen LogP contribution in [0.5, 0.6) is 0 Å². The molecule has 182 valence electrons. The van der Waals surface area contributed by atoms with Gasteiger partial charge in [-0.15, -0.1) is 0 Å². The maximum absolute atomic E-state index is 13.4. The molecule has 9 heteroatoms. The fourth-order valence-corrected chi connectivity index (χ4v) is 5.20. The molecular formula is C26H28N4O3S2. The molecule has 0 atom stereocenters. The molecule has 1 fully saturated rings. The minimum absolute atomic E-state index is 0.174. The third-order valence-corrected chi connectivity index (χ3v) is 7.12. The zero-order valence-corrected chi connectivity index (χ0v) is 21.5. The molecule has 1 aliphatic rings. The number of carbonyl (C=O) groups is 1. The number of thiocarbonyl (C=S) groups is 1. The van der Waals surface area contributed by atoms with Gasteiger partial charge in [-0.25, -0.2) is 4.98 Å². The molecule has 4 rings (SSSR count). The first-order chi connectivity index (χ1) is 17.0. The van der Waals surface area contributed by atoms with Gasteiger partial charge in [0.25, 0.3) is 11.5 Å². The summed E-state index contributed by atoms with van der Waals surface area (Å²) in [7, 11) is 1.65. The van der Waals surface area contributed by atoms with Crippen molar-refractivity contribution < 1.29 is 9.53 Å². The predicted octanol–water partition coefficient (Wildman–Crippen LogP) is 4.29. The normalized spacial score (nSPS) is 14.9. The van der Waals surface area contributed by atoms with Crippen LogP contribution in [0.15, 0.2) is 58.4 Å². The number of nitrogens with one attached hydrogen (secondary N) is 1. The number of amides is 1. The first-order valence-corrected chi connectivity index (χ1v) is 12.8. The molecule has 1 aliphatic heterocycles. The Bertz CT molecular complexity index is 1320. The summed E-state index contributed by atoms with van der Waals surface area (Å²) in [5.41, 5.74) is 2.80. The van der Waals surface area contributed by atoms with Crippen LogP contribution in [-0.4, -0.2) is 51.3 Å². The lowest BCUT2D eigenvalue weighted by Crippen LogP contribution is -2.29. The topological polar surface area (TPSA) is 75.9 Å². The fourth-order valence-electron chi connectivity index (χ4n) is 3.91. The van der Waals surface area contributed by atoms with E-state index in [4.69, 9.17) is 21.9 Å². The number of rotatable bonds is 10. The van der Waals surface area contributed by atoms with Gasteiger partial charge in [-0.3, -0.25) is 18.9 Å². The summed E-state index contributed by atoms with van der Waals surface area (Å²) in [4.78, 5) is 33.4. The van der Waals surface area contributed by atoms with Crippen molar-refractivity contribution in [3.05, 3.63) is 80.6 Å². The van der Waals surface area contributed by atoms with Gasteiger partial charge in [-0.1, -0.05) is 60.4 Å². The van der Waals surface area contributed by atoms with Gasteiger partial charge in [0.1, 0.15) is 15.8 Å². The highest BCUT2D eigenvalue weighted by Crippen LogP contribution is 2.33. The van der Waals surface area contributed by atoms with E-state index in [0.717, 1.165) is 24.8 Å². The number of thioether (sulfide) groups is 1. The Morgan fingerprint density at radius 3 is 2.71 bits per heavy atom. The van der Waals surface area contributed by atoms with Crippen molar-refractivity contribution in [2.24, 2.45) is 0 Å². The summed E-state index contributed by atoms with van der Waals surface area (Å²) in [6.07, 6.45) is 5.74. The zero-order chi connectivity index (χ0) is 24.8. The van der Waals surface area contributed by atoms with Crippen LogP contribution in [0.25, 0.3) is 11.7 Å². The number of benzene rings is 1. The van der Waals surface area contributed by atoms with Crippen LogP contribution in [0.3, 0.4) is 0 Å². The van der Waals surface area contributed by atoms with Crippen LogP contribution in [0.2, 0.25) is 0 Å². The molecule has 0 aliphatic carbocycles. The van der Waals surface area contributed by atoms with Crippen LogP contribution in [0.1, 0.15) is 29.5 Å². The van der Waals surface area contributed by atoms with Crippen molar-refractivity contribution in [1.82, 2.24) is 14.3 Å². The molecule has 3 heterocycles. The molecule has 0 unspecified atom stereocenters. The van der Waals surface area contributed by atoms with E-state index in [1.54, 1.807) is 24.3 Å². The van der Waals surface area contributed by atoms with E-state index in [1.165, 1.54) is 21.7 Å². The summed E-state index contributed by atoms with van der Waals surface area (Å²) >= 11 is 6.72. The number of pyridine rings is 1. The smallest absolute Gasteiger partial charge is 0.267 e. The van der Waals surface area contributed by atoms with Crippen LogP contribution >= 0.6 is 24.0 Å². The minimum Gasteiger partial charge on any atom is -0.385 e. The first kappa shape index (κ1) is 25.1. The standard InChI is InChI=1S/C26H28N4O3S2/c1-18-9-6-14-29-23(18)28-22(27-13-8-16-33-2)20(24(29)31)17-21-25(32)30(26(34)35-21)15-7-12-19-10-4-3-5-11-19/h3-6,9-11,14,17,27H,7-8,12-13,15-16H2,1-2H3. The average molecular weight is 509 g/mol. The van der Waals surface area contributed by atoms with Gasteiger partial charge in [-0.05, 0) is 49.5 Å². The van der Waals surface area contributed by atoms with E-state index in [-0.39, 0.29) is 11.5 Å². The molecule has 1 amide bonds. The van der Waals surface area contributed by atoms with Gasteiger partial charge >= 0.3 is 0 Å². The number of nitrogens with zero attached hydrogens (tertiary/aromatic N) is 3. The summed E-state index contributed by atoms with van der Waals surface area (Å²) in [5, 5.41) is 3.26. The number of hydrogen-bond donors (Lipinski definition) is 1. The Morgan fingerprint density at radius 2 is 1.94 bits per heavy atom. The quantitative estimate of drug-likeness (QED) is 0.249. The van der Waals surface area contributed by atoms with E-state index < -0.39 is 0 Å². The third kappa shape index (κ3) is 5.80. The number of hydrogen-bond acceptors (Lipinski definition) is 7. The Kier molecular flexibility index (Phi) is 8.33. The highest BCUT2D eigenvalue weighted by Gasteiger charge is 2.32. The summed E-state index contributed by atoms with van der Waals surface area (Å²) < 4.78 is 7.15. The third-order valence-electron chi connectivity index (χ3n) is 5.74. The Morgan fingerprint density at radius 1 is 1.14 bits per heavy atom. The molecule has 1 saturated heterocycles. The summed E-state index contributed by atoms with van der Waals surface area (Å²) in [5.74, 6) is 0.280. The van der Waals surface area contributed by atoms with Crippen molar-refractivity contribution in [1.29, 1.82) is 0 Å². The van der Waals surface area contributed by atoms with Crippen molar-refractivity contribution in [2.45, 2.75) is 26.2 Å². The molecule has 0 spiro atoms. The molecule has 0 saturated carbocycles. The van der Waals surface area contributed by atoms with Gasteiger partial charge in [0, 0.05) is 33.0 Å². The molecule has 35 heavy (non-hydrogen) atoms. The summed E-state index contributed by atoms with van der Waals surface area (Å²) in [6, 6.07) is 13.9. The summed E-state index contributed by atoms with van der Waals surface area (Å²) in [6.45, 7) is 3.63. The van der Waals surface area contributed by atoms with E-state index >= 15 is 0 Å². The van der Waals surface area contributed by atoms with E-state index in [2.05, 4.69) is 17.4 Å². The molecule has 1 aromatic carbocycles. The Labute approximate surface area is 214 Å². The maximum atomic E-state index is 13.4. The molecular weight excluding hydrogens is 480 g/mol. The first-order valence-electron chi connectivity index (χ1n) is 11.5. The molecule has 3 aromatic rings. The Hall–Kier alpha value is -3.01. The fraction of sp³-hybridized carbons (Fsp3) is 0.308. The van der Waals surface area contributed by atoms with E-state index in [1.807, 2.05) is 37.3 Å². The number of methoxy groups -OCH3 is 1. The highest BCUT2D eigenvalue weighted by molar-refractivity contribution is 8.26. The van der Waals surface area contributed by atoms with Gasteiger partial charge < -0.3 is 10.1 Å². The second-order valence-electron chi connectivity index (χ2n) is 8.26. The largest absolute Gasteiger partial charge is 0.385 e. The molecule has 0 radical (unpaired) electrons. The number of fused-ring (bicyclic) bond motifs is 1. The lowest BCUT2D eigenvalue weighted by atomic mass is 10.1. The number of ether oxygens (including phenoxy) is 1. The molecule has 2 aromatic heterocycles.